The molecule has 0 saturated carbocycles. The summed E-state index contributed by atoms with van der Waals surface area (Å²) < 4.78 is 1.95. The minimum absolute atomic E-state index is 0.0392. The van der Waals surface area contributed by atoms with Crippen molar-refractivity contribution in [1.82, 2.24) is 9.88 Å². The molecule has 1 aliphatic rings. The predicted octanol–water partition coefficient (Wildman–Crippen LogP) is 4.54. The quantitative estimate of drug-likeness (QED) is 0.378. The zero-order valence-electron chi connectivity index (χ0n) is 17.9. The van der Waals surface area contributed by atoms with E-state index in [1.165, 1.54) is 16.0 Å². The first-order chi connectivity index (χ1) is 14.8. The van der Waals surface area contributed by atoms with Crippen LogP contribution in [-0.4, -0.2) is 21.5 Å². The summed E-state index contributed by atoms with van der Waals surface area (Å²) in [6.45, 7) is 8.03. The number of aromatic nitrogens is 1. The van der Waals surface area contributed by atoms with E-state index in [1.54, 1.807) is 6.08 Å². The van der Waals surface area contributed by atoms with Crippen molar-refractivity contribution in [2.24, 2.45) is 0 Å². The van der Waals surface area contributed by atoms with E-state index in [2.05, 4.69) is 31.3 Å². The third-order valence-corrected chi connectivity index (χ3v) is 5.82. The van der Waals surface area contributed by atoms with E-state index in [9.17, 15) is 9.59 Å². The van der Waals surface area contributed by atoms with Gasteiger partial charge in [0.1, 0.15) is 5.57 Å². The molecule has 0 unspecified atom stereocenters. The number of nitrogens with zero attached hydrogens (tertiary/aromatic N) is 2. The van der Waals surface area contributed by atoms with Gasteiger partial charge >= 0.3 is 0 Å². The summed E-state index contributed by atoms with van der Waals surface area (Å²) in [4.78, 5) is 27.4. The van der Waals surface area contributed by atoms with Gasteiger partial charge in [-0.25, -0.2) is 0 Å². The molecule has 2 aromatic carbocycles. The van der Waals surface area contributed by atoms with Crippen LogP contribution in [0, 0.1) is 27.7 Å². The van der Waals surface area contributed by atoms with Gasteiger partial charge < -0.3 is 4.57 Å². The minimum atomic E-state index is -0.496. The Kier molecular flexibility index (Phi) is 5.33. The van der Waals surface area contributed by atoms with E-state index in [-0.39, 0.29) is 10.7 Å². The number of carbonyl (C=O) groups is 2. The fourth-order valence-corrected chi connectivity index (χ4v) is 3.98. The molecule has 1 N–H and O–H groups in total. The Labute approximate surface area is 187 Å². The van der Waals surface area contributed by atoms with Gasteiger partial charge in [0.2, 0.25) is 0 Å². The Morgan fingerprint density at radius 1 is 0.903 bits per heavy atom. The second-order valence-electron chi connectivity index (χ2n) is 7.82. The number of aryl methyl sites for hydroxylation is 4. The molecule has 31 heavy (non-hydrogen) atoms. The van der Waals surface area contributed by atoms with E-state index in [4.69, 9.17) is 12.2 Å². The second kappa shape index (κ2) is 7.96. The fraction of sp³-hybridized carbons (Fsp3) is 0.160. The molecule has 6 heteroatoms. The van der Waals surface area contributed by atoms with Crippen molar-refractivity contribution in [3.05, 3.63) is 88.2 Å². The minimum Gasteiger partial charge on any atom is -0.317 e. The highest BCUT2D eigenvalue weighted by molar-refractivity contribution is 7.80. The Balaban J connectivity index is 1.77. The van der Waals surface area contributed by atoms with Crippen molar-refractivity contribution >= 4 is 40.9 Å². The lowest BCUT2D eigenvalue weighted by molar-refractivity contribution is -0.122. The van der Waals surface area contributed by atoms with Crippen LogP contribution < -0.4 is 10.2 Å². The summed E-state index contributed by atoms with van der Waals surface area (Å²) in [5.74, 6) is -0.933. The van der Waals surface area contributed by atoms with Gasteiger partial charge in [0.05, 0.1) is 5.69 Å². The molecule has 1 saturated heterocycles. The molecule has 0 radical (unpaired) electrons. The summed E-state index contributed by atoms with van der Waals surface area (Å²) >= 11 is 5.33. The number of benzene rings is 2. The number of hydrogen-bond acceptors (Lipinski definition) is 3. The molecule has 0 bridgehead atoms. The molecule has 2 amide bonds. The number of anilines is 1. The Bertz CT molecular complexity index is 1270. The third-order valence-electron chi connectivity index (χ3n) is 5.54. The Morgan fingerprint density at radius 2 is 1.68 bits per heavy atom. The smallest absolute Gasteiger partial charge is 0.270 e. The van der Waals surface area contributed by atoms with Crippen molar-refractivity contribution in [3.63, 3.8) is 0 Å². The van der Waals surface area contributed by atoms with Crippen molar-refractivity contribution in [1.29, 1.82) is 0 Å². The molecule has 1 aromatic heterocycles. The lowest BCUT2D eigenvalue weighted by atomic mass is 10.1. The highest BCUT2D eigenvalue weighted by Gasteiger charge is 2.35. The number of carbonyl (C=O) groups excluding carboxylic acids is 2. The highest BCUT2D eigenvalue weighted by Crippen LogP contribution is 2.27. The van der Waals surface area contributed by atoms with Crippen LogP contribution in [0.2, 0.25) is 0 Å². The largest absolute Gasteiger partial charge is 0.317 e. The molecular formula is C25H23N3O2S. The van der Waals surface area contributed by atoms with Crippen LogP contribution in [0.5, 0.6) is 0 Å². The molecule has 0 aliphatic carbocycles. The van der Waals surface area contributed by atoms with E-state index >= 15 is 0 Å². The zero-order valence-corrected chi connectivity index (χ0v) is 18.7. The van der Waals surface area contributed by atoms with E-state index in [1.807, 2.05) is 61.0 Å². The molecular weight excluding hydrogens is 406 g/mol. The van der Waals surface area contributed by atoms with Gasteiger partial charge in [0.15, 0.2) is 5.11 Å². The van der Waals surface area contributed by atoms with Crippen LogP contribution in [0.15, 0.2) is 60.3 Å². The normalized spacial score (nSPS) is 15.5. The number of thiocarbonyl (C=S) groups is 1. The maximum absolute atomic E-state index is 13.4. The topological polar surface area (TPSA) is 54.3 Å². The van der Waals surface area contributed by atoms with Crippen LogP contribution in [-0.2, 0) is 9.59 Å². The van der Waals surface area contributed by atoms with Crippen molar-refractivity contribution in [2.75, 3.05) is 4.90 Å². The molecule has 2 heterocycles. The Morgan fingerprint density at radius 3 is 2.39 bits per heavy atom. The molecule has 156 valence electrons. The van der Waals surface area contributed by atoms with Gasteiger partial charge in [-0.3, -0.25) is 19.8 Å². The summed E-state index contributed by atoms with van der Waals surface area (Å²) in [6, 6.07) is 15.7. The fourth-order valence-electron chi connectivity index (χ4n) is 3.70. The maximum Gasteiger partial charge on any atom is 0.270 e. The molecule has 0 atom stereocenters. The molecule has 1 fully saturated rings. The summed E-state index contributed by atoms with van der Waals surface area (Å²) in [5.41, 5.74) is 6.76. The standard InChI is InChI=1S/C25H23N3O2S/c1-15-7-10-22(18(4)12-15)28-24(30)21(23(29)26-25(28)31)14-19-6-5-11-27(19)20-9-8-16(2)17(3)13-20/h5-14H,1-4H3,(H,26,29,31)/b21-14+. The van der Waals surface area contributed by atoms with Gasteiger partial charge in [-0.15, -0.1) is 0 Å². The second-order valence-corrected chi connectivity index (χ2v) is 8.21. The molecule has 4 rings (SSSR count). The van der Waals surface area contributed by atoms with Gasteiger partial charge in [-0.1, -0.05) is 23.8 Å². The van der Waals surface area contributed by atoms with Crippen LogP contribution in [0.25, 0.3) is 11.8 Å². The van der Waals surface area contributed by atoms with Crippen LogP contribution >= 0.6 is 12.2 Å². The summed E-state index contributed by atoms with van der Waals surface area (Å²) in [7, 11) is 0. The number of nitrogens with one attached hydrogen (secondary N) is 1. The molecule has 3 aromatic rings. The lowest BCUT2D eigenvalue weighted by Crippen LogP contribution is -2.54. The number of amides is 2. The predicted molar refractivity (Wildman–Crippen MR) is 127 cm³/mol. The van der Waals surface area contributed by atoms with Crippen molar-refractivity contribution in [2.45, 2.75) is 27.7 Å². The van der Waals surface area contributed by atoms with Crippen LogP contribution in [0.3, 0.4) is 0 Å². The monoisotopic (exact) mass is 429 g/mol. The summed E-state index contributed by atoms with van der Waals surface area (Å²) in [5, 5.41) is 2.75. The Hall–Kier alpha value is -3.51. The van der Waals surface area contributed by atoms with Gasteiger partial charge in [-0.05, 0) is 93.0 Å². The average Bonchev–Trinajstić information content (AvgIpc) is 3.17. The first-order valence-electron chi connectivity index (χ1n) is 10.00. The van der Waals surface area contributed by atoms with Crippen LogP contribution in [0.1, 0.15) is 27.9 Å². The SMILES string of the molecule is Cc1ccc(N2C(=O)/C(=C/c3cccn3-c3ccc(C)c(C)c3)C(=O)NC2=S)c(C)c1. The molecule has 0 spiro atoms. The number of hydrogen-bond donors (Lipinski definition) is 1. The van der Waals surface area contributed by atoms with E-state index in [0.717, 1.165) is 22.5 Å². The van der Waals surface area contributed by atoms with E-state index < -0.39 is 11.8 Å². The average molecular weight is 430 g/mol. The first kappa shape index (κ1) is 20.8. The molecule has 1 aliphatic heterocycles. The van der Waals surface area contributed by atoms with Gasteiger partial charge in [-0.2, -0.15) is 0 Å². The molecule has 5 nitrogen and oxygen atoms in total. The first-order valence-corrected chi connectivity index (χ1v) is 10.4. The highest BCUT2D eigenvalue weighted by atomic mass is 32.1. The van der Waals surface area contributed by atoms with Gasteiger partial charge in [0.25, 0.3) is 11.8 Å². The maximum atomic E-state index is 13.4. The number of rotatable bonds is 3. The lowest BCUT2D eigenvalue weighted by Gasteiger charge is -2.30. The zero-order chi connectivity index (χ0) is 22.3. The van der Waals surface area contributed by atoms with E-state index in [0.29, 0.717) is 5.69 Å². The van der Waals surface area contributed by atoms with Crippen LogP contribution in [0.4, 0.5) is 5.69 Å². The third kappa shape index (κ3) is 3.82. The van der Waals surface area contributed by atoms with Crippen molar-refractivity contribution in [3.8, 4) is 5.69 Å². The summed E-state index contributed by atoms with van der Waals surface area (Å²) in [6.07, 6.45) is 3.53. The van der Waals surface area contributed by atoms with Gasteiger partial charge in [0, 0.05) is 17.6 Å². The van der Waals surface area contributed by atoms with Crippen molar-refractivity contribution < 1.29 is 9.59 Å².